The van der Waals surface area contributed by atoms with Gasteiger partial charge in [0.25, 0.3) is 5.91 Å². The molecule has 22 heavy (non-hydrogen) atoms. The third-order valence-electron chi connectivity index (χ3n) is 3.34. The summed E-state index contributed by atoms with van der Waals surface area (Å²) in [6.07, 6.45) is 2.89. The molecule has 1 aliphatic rings. The number of amides is 1. The van der Waals surface area contributed by atoms with E-state index in [0.717, 1.165) is 12.3 Å². The first-order valence-electron chi connectivity index (χ1n) is 6.78. The van der Waals surface area contributed by atoms with E-state index < -0.39 is 10.5 Å². The molecule has 7 nitrogen and oxygen atoms in total. The molecule has 1 aromatic rings. The van der Waals surface area contributed by atoms with Gasteiger partial charge >= 0.3 is 10.5 Å². The van der Waals surface area contributed by atoms with Crippen LogP contribution in [0.2, 0.25) is 0 Å². The zero-order valence-electron chi connectivity index (χ0n) is 12.2. The molecule has 0 unspecified atom stereocenters. The van der Waals surface area contributed by atoms with Gasteiger partial charge in [-0.3, -0.25) is 9.78 Å². The molecule has 122 valence electrons. The summed E-state index contributed by atoms with van der Waals surface area (Å²) in [6, 6.07) is 1.11. The van der Waals surface area contributed by atoms with E-state index in [1.165, 1.54) is 6.20 Å². The van der Waals surface area contributed by atoms with Crippen molar-refractivity contribution in [2.75, 3.05) is 13.2 Å². The first-order valence-corrected chi connectivity index (χ1v) is 8.09. The maximum atomic E-state index is 12.6. The van der Waals surface area contributed by atoms with Gasteiger partial charge < -0.3 is 13.8 Å². The smallest absolute Gasteiger partial charge is 0.377 e. The van der Waals surface area contributed by atoms with Gasteiger partial charge in [-0.25, -0.2) is 0 Å². The number of carbonyl (C=O) groups is 1. The summed E-state index contributed by atoms with van der Waals surface area (Å²) in [4.78, 5) is 17.9. The van der Waals surface area contributed by atoms with E-state index in [2.05, 4.69) is 9.17 Å². The minimum atomic E-state index is -5.15. The number of rotatable bonds is 3. The number of hydrogen-bond donors (Lipinski definition) is 0. The number of pyridine rings is 1. The molecule has 0 spiro atoms. The fourth-order valence-corrected chi connectivity index (χ4v) is 2.57. The summed E-state index contributed by atoms with van der Waals surface area (Å²) in [5.41, 5.74) is 0.127. The first-order chi connectivity index (χ1) is 10.3. The second-order valence-electron chi connectivity index (χ2n) is 5.16. The normalized spacial score (nSPS) is 23.0. The van der Waals surface area contributed by atoms with Gasteiger partial charge in [0.15, 0.2) is 5.75 Å². The molecule has 2 heterocycles. The Morgan fingerprint density at radius 3 is 2.86 bits per heavy atom. The van der Waals surface area contributed by atoms with Crippen LogP contribution in [-0.2, 0) is 15.2 Å². The molecule has 9 heteroatoms. The van der Waals surface area contributed by atoms with Crippen molar-refractivity contribution in [1.29, 1.82) is 0 Å². The van der Waals surface area contributed by atoms with Gasteiger partial charge in [-0.15, -0.1) is 0 Å². The number of halogens is 1. The van der Waals surface area contributed by atoms with Crippen LogP contribution in [0.5, 0.6) is 5.75 Å². The van der Waals surface area contributed by atoms with Crippen molar-refractivity contribution in [3.05, 3.63) is 24.0 Å². The second-order valence-corrected chi connectivity index (χ2v) is 6.12. The molecule has 0 N–H and O–H groups in total. The van der Waals surface area contributed by atoms with Gasteiger partial charge in [0.1, 0.15) is 0 Å². The number of carbonyl (C=O) groups excluding carboxylic acids is 1. The molecule has 0 radical (unpaired) electrons. The van der Waals surface area contributed by atoms with E-state index in [1.807, 2.05) is 13.8 Å². The fourth-order valence-electron chi connectivity index (χ4n) is 2.25. The van der Waals surface area contributed by atoms with Crippen molar-refractivity contribution in [2.45, 2.75) is 32.4 Å². The van der Waals surface area contributed by atoms with Gasteiger partial charge in [0.05, 0.1) is 17.9 Å². The first kappa shape index (κ1) is 16.6. The highest BCUT2D eigenvalue weighted by atomic mass is 32.3. The lowest BCUT2D eigenvalue weighted by Crippen LogP contribution is -2.41. The monoisotopic (exact) mass is 332 g/mol. The number of hydrogen-bond acceptors (Lipinski definition) is 6. The van der Waals surface area contributed by atoms with Crippen molar-refractivity contribution < 1.29 is 26.0 Å². The average Bonchev–Trinajstić information content (AvgIpc) is 2.58. The van der Waals surface area contributed by atoms with Gasteiger partial charge in [0, 0.05) is 25.4 Å². The van der Waals surface area contributed by atoms with E-state index in [1.54, 1.807) is 4.90 Å². The Balaban J connectivity index is 2.22. The lowest BCUT2D eigenvalue weighted by atomic mass is 10.1. The van der Waals surface area contributed by atoms with Crippen LogP contribution in [0.4, 0.5) is 3.89 Å². The minimum absolute atomic E-state index is 0.0352. The van der Waals surface area contributed by atoms with Crippen LogP contribution < -0.4 is 4.18 Å². The van der Waals surface area contributed by atoms with Crippen LogP contribution in [0.3, 0.4) is 0 Å². The topological polar surface area (TPSA) is 85.8 Å². The van der Waals surface area contributed by atoms with E-state index in [4.69, 9.17) is 4.74 Å². The zero-order chi connectivity index (χ0) is 16.3. The summed E-state index contributed by atoms with van der Waals surface area (Å²) in [7, 11) is -5.15. The molecule has 1 saturated heterocycles. The summed E-state index contributed by atoms with van der Waals surface area (Å²) in [5, 5.41) is 0. The maximum Gasteiger partial charge on any atom is 0.488 e. The molecule has 0 bridgehead atoms. The number of nitrogens with zero attached hydrogens (tertiary/aromatic N) is 2. The van der Waals surface area contributed by atoms with Gasteiger partial charge in [-0.1, -0.05) is 3.89 Å². The lowest BCUT2D eigenvalue weighted by Gasteiger charge is -2.27. The fraction of sp³-hybridized carbons (Fsp3) is 0.538. The number of aromatic nitrogens is 1. The summed E-state index contributed by atoms with van der Waals surface area (Å²) >= 11 is 0. The SMILES string of the molecule is C[C@@H]1CN(C(=O)c2cncc(OS(=O)(=O)F)c2)[C@H](C)CCO1. The Morgan fingerprint density at radius 1 is 1.45 bits per heavy atom. The van der Waals surface area contributed by atoms with Gasteiger partial charge in [-0.05, 0) is 26.3 Å². The Labute approximate surface area is 128 Å². The third kappa shape index (κ3) is 4.38. The van der Waals surface area contributed by atoms with Crippen molar-refractivity contribution >= 4 is 16.4 Å². The summed E-state index contributed by atoms with van der Waals surface area (Å²) in [6.45, 7) is 4.74. The Kier molecular flexibility index (Phi) is 4.97. The third-order valence-corrected chi connectivity index (χ3v) is 3.73. The van der Waals surface area contributed by atoms with E-state index in [-0.39, 0.29) is 29.4 Å². The Hall–Kier alpha value is -1.74. The predicted octanol–water partition coefficient (Wildman–Crippen LogP) is 1.31. The zero-order valence-corrected chi connectivity index (χ0v) is 13.0. The Morgan fingerprint density at radius 2 is 2.18 bits per heavy atom. The highest BCUT2D eigenvalue weighted by molar-refractivity contribution is 7.81. The molecule has 0 saturated carbocycles. The van der Waals surface area contributed by atoms with Crippen LogP contribution >= 0.6 is 0 Å². The minimum Gasteiger partial charge on any atom is -0.377 e. The van der Waals surface area contributed by atoms with E-state index in [9.17, 15) is 17.1 Å². The molecule has 2 rings (SSSR count). The molecule has 1 aromatic heterocycles. The van der Waals surface area contributed by atoms with E-state index >= 15 is 0 Å². The van der Waals surface area contributed by atoms with Crippen LogP contribution in [-0.4, -0.2) is 49.5 Å². The second kappa shape index (κ2) is 6.57. The van der Waals surface area contributed by atoms with Crippen molar-refractivity contribution in [2.24, 2.45) is 0 Å². The van der Waals surface area contributed by atoms with Crippen LogP contribution in [0.15, 0.2) is 18.5 Å². The molecule has 1 amide bonds. The van der Waals surface area contributed by atoms with Gasteiger partial charge in [-0.2, -0.15) is 8.42 Å². The van der Waals surface area contributed by atoms with Crippen LogP contribution in [0, 0.1) is 0 Å². The van der Waals surface area contributed by atoms with Crippen molar-refractivity contribution in [3.63, 3.8) is 0 Å². The van der Waals surface area contributed by atoms with E-state index in [0.29, 0.717) is 19.6 Å². The molecule has 1 aliphatic heterocycles. The lowest BCUT2D eigenvalue weighted by molar-refractivity contribution is 0.0536. The van der Waals surface area contributed by atoms with Crippen LogP contribution in [0.25, 0.3) is 0 Å². The summed E-state index contributed by atoms with van der Waals surface area (Å²) < 4.78 is 43.1. The molecule has 0 aromatic carbocycles. The molecular formula is C13H17FN2O5S. The molecule has 0 aliphatic carbocycles. The molecular weight excluding hydrogens is 315 g/mol. The number of ether oxygens (including phenoxy) is 1. The highest BCUT2D eigenvalue weighted by Crippen LogP contribution is 2.19. The van der Waals surface area contributed by atoms with Gasteiger partial charge in [0.2, 0.25) is 0 Å². The highest BCUT2D eigenvalue weighted by Gasteiger charge is 2.27. The maximum absolute atomic E-state index is 12.6. The predicted molar refractivity (Wildman–Crippen MR) is 75.4 cm³/mol. The quantitative estimate of drug-likeness (QED) is 0.776. The molecule has 1 fully saturated rings. The largest absolute Gasteiger partial charge is 0.488 e. The Bertz CT molecular complexity index is 652. The summed E-state index contributed by atoms with van der Waals surface area (Å²) in [5.74, 6) is -0.681. The van der Waals surface area contributed by atoms with Crippen molar-refractivity contribution in [3.8, 4) is 5.75 Å². The van der Waals surface area contributed by atoms with Crippen LogP contribution in [0.1, 0.15) is 30.6 Å². The van der Waals surface area contributed by atoms with Crippen molar-refractivity contribution in [1.82, 2.24) is 9.88 Å². The standard InChI is InChI=1S/C13H17FN2O5S/c1-9-3-4-20-10(2)8-16(9)13(17)11-5-12(7-15-6-11)21-22(14,18)19/h5-7,9-10H,3-4,8H2,1-2H3/t9-,10-/m1/s1. The average molecular weight is 332 g/mol. The molecule has 2 atom stereocenters.